The monoisotopic (exact) mass is 399 g/mol. The van der Waals surface area contributed by atoms with Crippen LogP contribution in [0, 0.1) is 6.92 Å². The first kappa shape index (κ1) is 22.2. The fraction of sp³-hybridized carbons (Fsp3) is 0.333. The number of carbonyl (C=O) groups excluding carboxylic acids is 1. The Bertz CT molecular complexity index is 675. The molecule has 0 bridgehead atoms. The molecule has 1 aromatic heterocycles. The van der Waals surface area contributed by atoms with Gasteiger partial charge < -0.3 is 20.1 Å². The Labute approximate surface area is 165 Å². The van der Waals surface area contributed by atoms with Crippen LogP contribution in [-0.4, -0.2) is 36.7 Å². The van der Waals surface area contributed by atoms with Crippen molar-refractivity contribution in [2.45, 2.75) is 19.4 Å². The summed E-state index contributed by atoms with van der Waals surface area (Å²) < 4.78 is 11.0. The Kier molecular flexibility index (Phi) is 9.37. The molecule has 8 heteroatoms. The van der Waals surface area contributed by atoms with Crippen molar-refractivity contribution in [1.82, 2.24) is 10.3 Å². The first-order valence-electron chi connectivity index (χ1n) is 8.00. The van der Waals surface area contributed by atoms with Crippen molar-refractivity contribution in [3.63, 3.8) is 0 Å². The van der Waals surface area contributed by atoms with Gasteiger partial charge in [0.05, 0.1) is 25.1 Å². The molecule has 1 atom stereocenters. The standard InChI is InChI=1S/C18H21N3O3.2ClH/c1-13-2-5-16(6-3-13)24-18-7-4-14(11-20-18)21-17(22)10-15-12-23-9-8-19-15;;/h2-7,11,15,19H,8-10,12H2,1H3,(H,21,22);2*1H. The number of benzene rings is 1. The lowest BCUT2D eigenvalue weighted by Crippen LogP contribution is -2.43. The maximum Gasteiger partial charge on any atom is 0.226 e. The Hall–Kier alpha value is -1.86. The van der Waals surface area contributed by atoms with E-state index in [1.807, 2.05) is 31.2 Å². The van der Waals surface area contributed by atoms with E-state index in [2.05, 4.69) is 15.6 Å². The van der Waals surface area contributed by atoms with Gasteiger partial charge in [0, 0.05) is 25.1 Å². The lowest BCUT2D eigenvalue weighted by Gasteiger charge is -2.23. The van der Waals surface area contributed by atoms with E-state index < -0.39 is 0 Å². The first-order chi connectivity index (χ1) is 11.7. The predicted molar refractivity (Wildman–Crippen MR) is 106 cm³/mol. The molecule has 3 rings (SSSR count). The van der Waals surface area contributed by atoms with Crippen LogP contribution >= 0.6 is 24.8 Å². The second-order valence-electron chi connectivity index (χ2n) is 5.78. The Morgan fingerprint density at radius 3 is 2.65 bits per heavy atom. The van der Waals surface area contributed by atoms with Crippen LogP contribution in [0.15, 0.2) is 42.6 Å². The van der Waals surface area contributed by atoms with Crippen molar-refractivity contribution in [3.8, 4) is 11.6 Å². The largest absolute Gasteiger partial charge is 0.439 e. The third kappa shape index (κ3) is 6.80. The van der Waals surface area contributed by atoms with Crippen LogP contribution in [0.2, 0.25) is 0 Å². The molecule has 142 valence electrons. The number of aryl methyl sites for hydroxylation is 1. The molecule has 1 unspecified atom stereocenters. The zero-order chi connectivity index (χ0) is 16.8. The van der Waals surface area contributed by atoms with Crippen LogP contribution in [0.1, 0.15) is 12.0 Å². The van der Waals surface area contributed by atoms with E-state index in [0.29, 0.717) is 31.2 Å². The molecule has 1 fully saturated rings. The van der Waals surface area contributed by atoms with Crippen molar-refractivity contribution < 1.29 is 14.3 Å². The van der Waals surface area contributed by atoms with E-state index in [0.717, 1.165) is 12.3 Å². The van der Waals surface area contributed by atoms with Gasteiger partial charge in [0.2, 0.25) is 11.8 Å². The zero-order valence-corrected chi connectivity index (χ0v) is 16.1. The molecule has 0 aliphatic carbocycles. The van der Waals surface area contributed by atoms with Crippen molar-refractivity contribution in [2.24, 2.45) is 0 Å². The summed E-state index contributed by atoms with van der Waals surface area (Å²) in [6.45, 7) is 4.07. The highest BCUT2D eigenvalue weighted by Gasteiger charge is 2.16. The van der Waals surface area contributed by atoms with Crippen molar-refractivity contribution in [1.29, 1.82) is 0 Å². The second-order valence-corrected chi connectivity index (χ2v) is 5.78. The highest BCUT2D eigenvalue weighted by atomic mass is 35.5. The first-order valence-corrected chi connectivity index (χ1v) is 8.00. The van der Waals surface area contributed by atoms with Gasteiger partial charge in [-0.1, -0.05) is 17.7 Å². The minimum Gasteiger partial charge on any atom is -0.439 e. The molecule has 26 heavy (non-hydrogen) atoms. The molecule has 1 aromatic carbocycles. The predicted octanol–water partition coefficient (Wildman–Crippen LogP) is 3.34. The quantitative estimate of drug-likeness (QED) is 0.806. The number of morpholine rings is 1. The zero-order valence-electron chi connectivity index (χ0n) is 14.4. The number of hydrogen-bond acceptors (Lipinski definition) is 5. The minimum atomic E-state index is -0.0630. The average molecular weight is 400 g/mol. The van der Waals surface area contributed by atoms with E-state index in [9.17, 15) is 4.79 Å². The van der Waals surface area contributed by atoms with Gasteiger partial charge in [-0.2, -0.15) is 0 Å². The Morgan fingerprint density at radius 2 is 2.04 bits per heavy atom. The lowest BCUT2D eigenvalue weighted by atomic mass is 10.2. The smallest absolute Gasteiger partial charge is 0.226 e. The molecule has 0 radical (unpaired) electrons. The molecule has 2 aromatic rings. The third-order valence-electron chi connectivity index (χ3n) is 3.69. The molecule has 2 heterocycles. The number of ether oxygens (including phenoxy) is 2. The van der Waals surface area contributed by atoms with Crippen LogP contribution in [0.4, 0.5) is 5.69 Å². The number of carbonyl (C=O) groups is 1. The molecule has 1 amide bonds. The van der Waals surface area contributed by atoms with Crippen LogP contribution < -0.4 is 15.4 Å². The number of nitrogens with one attached hydrogen (secondary N) is 2. The fourth-order valence-electron chi connectivity index (χ4n) is 2.43. The minimum absolute atomic E-state index is 0. The van der Waals surface area contributed by atoms with E-state index in [-0.39, 0.29) is 36.8 Å². The van der Waals surface area contributed by atoms with Crippen LogP contribution in [0.3, 0.4) is 0 Å². The van der Waals surface area contributed by atoms with Gasteiger partial charge in [0.25, 0.3) is 0 Å². The number of amides is 1. The maximum atomic E-state index is 12.0. The average Bonchev–Trinajstić information content (AvgIpc) is 2.59. The number of pyridine rings is 1. The number of hydrogen-bond donors (Lipinski definition) is 2. The summed E-state index contributed by atoms with van der Waals surface area (Å²) in [6.07, 6.45) is 1.97. The summed E-state index contributed by atoms with van der Waals surface area (Å²) in [5, 5.41) is 6.09. The molecular weight excluding hydrogens is 377 g/mol. The Morgan fingerprint density at radius 1 is 1.27 bits per heavy atom. The second kappa shape index (κ2) is 11.0. The van der Waals surface area contributed by atoms with Crippen LogP contribution in [-0.2, 0) is 9.53 Å². The Balaban J connectivity index is 0.00000169. The maximum absolute atomic E-state index is 12.0. The fourth-order valence-corrected chi connectivity index (χ4v) is 2.43. The molecule has 0 saturated carbocycles. The number of aromatic nitrogens is 1. The summed E-state index contributed by atoms with van der Waals surface area (Å²) in [7, 11) is 0. The summed E-state index contributed by atoms with van der Waals surface area (Å²) in [6, 6.07) is 11.3. The van der Waals surface area contributed by atoms with Gasteiger partial charge in [-0.3, -0.25) is 4.79 Å². The highest BCUT2D eigenvalue weighted by molar-refractivity contribution is 5.90. The summed E-state index contributed by atoms with van der Waals surface area (Å²) in [5.74, 6) is 1.15. The highest BCUT2D eigenvalue weighted by Crippen LogP contribution is 2.20. The van der Waals surface area contributed by atoms with Gasteiger partial charge in [-0.25, -0.2) is 4.98 Å². The normalized spacial score (nSPS) is 16.0. The van der Waals surface area contributed by atoms with Crippen molar-refractivity contribution in [3.05, 3.63) is 48.2 Å². The summed E-state index contributed by atoms with van der Waals surface area (Å²) >= 11 is 0. The number of rotatable bonds is 5. The van der Waals surface area contributed by atoms with Crippen molar-refractivity contribution >= 4 is 36.4 Å². The van der Waals surface area contributed by atoms with Gasteiger partial charge in [-0.15, -0.1) is 24.8 Å². The van der Waals surface area contributed by atoms with E-state index >= 15 is 0 Å². The lowest BCUT2D eigenvalue weighted by molar-refractivity contribution is -0.117. The molecule has 1 aliphatic rings. The molecule has 1 aliphatic heterocycles. The summed E-state index contributed by atoms with van der Waals surface area (Å²) in [4.78, 5) is 16.2. The molecular formula is C18H23Cl2N3O3. The molecule has 1 saturated heterocycles. The van der Waals surface area contributed by atoms with Gasteiger partial charge in [-0.05, 0) is 25.1 Å². The number of halogens is 2. The number of anilines is 1. The number of nitrogens with zero attached hydrogens (tertiary/aromatic N) is 1. The van der Waals surface area contributed by atoms with Gasteiger partial charge >= 0.3 is 0 Å². The summed E-state index contributed by atoms with van der Waals surface area (Å²) in [5.41, 5.74) is 1.82. The van der Waals surface area contributed by atoms with E-state index in [1.54, 1.807) is 18.3 Å². The third-order valence-corrected chi connectivity index (χ3v) is 3.69. The molecule has 2 N–H and O–H groups in total. The van der Waals surface area contributed by atoms with Gasteiger partial charge in [0.1, 0.15) is 5.75 Å². The molecule has 6 nitrogen and oxygen atoms in total. The van der Waals surface area contributed by atoms with Crippen LogP contribution in [0.25, 0.3) is 0 Å². The SMILES string of the molecule is Cc1ccc(Oc2ccc(NC(=O)CC3COCCN3)cn2)cc1.Cl.Cl. The van der Waals surface area contributed by atoms with Gasteiger partial charge in [0.15, 0.2) is 0 Å². The van der Waals surface area contributed by atoms with E-state index in [1.165, 1.54) is 5.56 Å². The van der Waals surface area contributed by atoms with Crippen LogP contribution in [0.5, 0.6) is 11.6 Å². The molecule has 0 spiro atoms. The van der Waals surface area contributed by atoms with Crippen molar-refractivity contribution in [2.75, 3.05) is 25.1 Å². The topological polar surface area (TPSA) is 72.5 Å². The van der Waals surface area contributed by atoms with E-state index in [4.69, 9.17) is 9.47 Å².